The van der Waals surface area contributed by atoms with Gasteiger partial charge in [0.05, 0.1) is 11.1 Å². The van der Waals surface area contributed by atoms with Crippen LogP contribution in [0.4, 0.5) is 0 Å². The van der Waals surface area contributed by atoms with Gasteiger partial charge in [0.25, 0.3) is 5.91 Å². The van der Waals surface area contributed by atoms with Crippen molar-refractivity contribution in [3.05, 3.63) is 58.2 Å². The van der Waals surface area contributed by atoms with Crippen LogP contribution < -0.4 is 5.73 Å². The van der Waals surface area contributed by atoms with Gasteiger partial charge in [0, 0.05) is 35.4 Å². The predicted octanol–water partition coefficient (Wildman–Crippen LogP) is 3.23. The number of aromatic nitrogens is 2. The fraction of sp³-hybridized carbons (Fsp3) is 0.278. The highest BCUT2D eigenvalue weighted by molar-refractivity contribution is 7.14. The average molecular weight is 354 g/mol. The molecule has 1 amide bonds. The van der Waals surface area contributed by atoms with Gasteiger partial charge in [0.15, 0.2) is 11.6 Å². The summed E-state index contributed by atoms with van der Waals surface area (Å²) in [4.78, 5) is 24.3. The number of furan rings is 1. The van der Waals surface area contributed by atoms with Crippen LogP contribution in [0.5, 0.6) is 0 Å². The van der Waals surface area contributed by atoms with Gasteiger partial charge in [-0.1, -0.05) is 0 Å². The number of likely N-dealkylation sites (tertiary alicyclic amines) is 1. The Balaban J connectivity index is 1.48. The van der Waals surface area contributed by atoms with Crippen LogP contribution in [-0.2, 0) is 6.54 Å². The predicted molar refractivity (Wildman–Crippen MR) is 95.0 cm³/mol. The second-order valence-corrected chi connectivity index (χ2v) is 7.20. The molecule has 3 aromatic heterocycles. The SMILES string of the molecule is NC(=O)c1ccc([C@H]2CCCN2Cc2cnc(-c3ccco3)nc2)s1. The van der Waals surface area contributed by atoms with Crippen LogP contribution in [0.1, 0.15) is 39.0 Å². The van der Waals surface area contributed by atoms with Crippen LogP contribution in [0.15, 0.2) is 47.3 Å². The lowest BCUT2D eigenvalue weighted by Crippen LogP contribution is -2.22. The van der Waals surface area contributed by atoms with Crippen molar-refractivity contribution < 1.29 is 9.21 Å². The summed E-state index contributed by atoms with van der Waals surface area (Å²) in [5.41, 5.74) is 6.44. The number of amides is 1. The third-order valence-electron chi connectivity index (χ3n) is 4.39. The number of nitrogens with two attached hydrogens (primary N) is 1. The first-order chi connectivity index (χ1) is 12.2. The maximum absolute atomic E-state index is 11.3. The molecule has 1 aliphatic rings. The van der Waals surface area contributed by atoms with Gasteiger partial charge in [-0.25, -0.2) is 9.97 Å². The summed E-state index contributed by atoms with van der Waals surface area (Å²) in [7, 11) is 0. The molecule has 0 unspecified atom stereocenters. The highest BCUT2D eigenvalue weighted by atomic mass is 32.1. The van der Waals surface area contributed by atoms with Gasteiger partial charge in [-0.3, -0.25) is 9.69 Å². The van der Waals surface area contributed by atoms with Gasteiger partial charge in [0.1, 0.15) is 0 Å². The Bertz CT molecular complexity index is 858. The first kappa shape index (κ1) is 16.0. The largest absolute Gasteiger partial charge is 0.461 e. The summed E-state index contributed by atoms with van der Waals surface area (Å²) in [5.74, 6) is 0.905. The van der Waals surface area contributed by atoms with Gasteiger partial charge in [0.2, 0.25) is 0 Å². The Morgan fingerprint density at radius 3 is 2.84 bits per heavy atom. The maximum Gasteiger partial charge on any atom is 0.258 e. The molecule has 2 N–H and O–H groups in total. The zero-order valence-electron chi connectivity index (χ0n) is 13.6. The van der Waals surface area contributed by atoms with E-state index in [-0.39, 0.29) is 5.91 Å². The first-order valence-corrected chi connectivity index (χ1v) is 9.01. The molecule has 128 valence electrons. The highest BCUT2D eigenvalue weighted by Crippen LogP contribution is 2.36. The van der Waals surface area contributed by atoms with E-state index in [1.807, 2.05) is 36.7 Å². The Morgan fingerprint density at radius 1 is 1.32 bits per heavy atom. The van der Waals surface area contributed by atoms with E-state index >= 15 is 0 Å². The van der Waals surface area contributed by atoms with Crippen LogP contribution in [0.25, 0.3) is 11.6 Å². The monoisotopic (exact) mass is 354 g/mol. The van der Waals surface area contributed by atoms with E-state index in [4.69, 9.17) is 10.2 Å². The van der Waals surface area contributed by atoms with E-state index in [2.05, 4.69) is 14.9 Å². The van der Waals surface area contributed by atoms with Crippen LogP contribution in [0.3, 0.4) is 0 Å². The quantitative estimate of drug-likeness (QED) is 0.760. The van der Waals surface area contributed by atoms with Crippen molar-refractivity contribution in [3.63, 3.8) is 0 Å². The summed E-state index contributed by atoms with van der Waals surface area (Å²) < 4.78 is 5.32. The molecular formula is C18H18N4O2S. The van der Waals surface area contributed by atoms with E-state index in [1.165, 1.54) is 16.2 Å². The Morgan fingerprint density at radius 2 is 2.16 bits per heavy atom. The van der Waals surface area contributed by atoms with Crippen molar-refractivity contribution in [1.82, 2.24) is 14.9 Å². The molecule has 1 aliphatic heterocycles. The molecule has 0 radical (unpaired) electrons. The van der Waals surface area contributed by atoms with Gasteiger partial charge in [-0.15, -0.1) is 11.3 Å². The third kappa shape index (κ3) is 3.33. The lowest BCUT2D eigenvalue weighted by Gasteiger charge is -2.23. The van der Waals surface area contributed by atoms with Crippen molar-refractivity contribution in [2.45, 2.75) is 25.4 Å². The van der Waals surface area contributed by atoms with Crippen molar-refractivity contribution in [2.24, 2.45) is 5.73 Å². The Kier molecular flexibility index (Phi) is 4.33. The van der Waals surface area contributed by atoms with Gasteiger partial charge in [-0.2, -0.15) is 0 Å². The van der Waals surface area contributed by atoms with Gasteiger partial charge < -0.3 is 10.2 Å². The standard InChI is InChI=1S/C18H18N4O2S/c19-17(23)16-6-5-15(25-16)13-3-1-7-22(13)11-12-9-20-18(21-10-12)14-4-2-8-24-14/h2,4-6,8-10,13H,1,3,7,11H2,(H2,19,23)/t13-/m1/s1. The molecule has 0 aliphatic carbocycles. The number of hydrogen-bond acceptors (Lipinski definition) is 6. The number of primary amides is 1. The van der Waals surface area contributed by atoms with Gasteiger partial charge in [-0.05, 0) is 43.7 Å². The van der Waals surface area contributed by atoms with E-state index in [0.29, 0.717) is 22.5 Å². The third-order valence-corrected chi connectivity index (χ3v) is 5.60. The second-order valence-electron chi connectivity index (χ2n) is 6.09. The normalized spacial score (nSPS) is 17.8. The molecule has 0 spiro atoms. The molecule has 4 rings (SSSR count). The molecule has 3 aromatic rings. The minimum absolute atomic E-state index is 0.322. The molecule has 1 saturated heterocycles. The van der Waals surface area contributed by atoms with Gasteiger partial charge >= 0.3 is 0 Å². The number of rotatable bonds is 5. The summed E-state index contributed by atoms with van der Waals surface area (Å²) in [6, 6.07) is 7.83. The zero-order valence-corrected chi connectivity index (χ0v) is 14.4. The summed E-state index contributed by atoms with van der Waals surface area (Å²) >= 11 is 1.49. The minimum atomic E-state index is -0.359. The van der Waals surface area contributed by atoms with Crippen LogP contribution in [-0.4, -0.2) is 27.3 Å². The summed E-state index contributed by atoms with van der Waals surface area (Å²) in [6.45, 7) is 1.81. The molecular weight excluding hydrogens is 336 g/mol. The smallest absolute Gasteiger partial charge is 0.258 e. The number of hydrogen-bond donors (Lipinski definition) is 1. The number of nitrogens with zero attached hydrogens (tertiary/aromatic N) is 3. The lowest BCUT2D eigenvalue weighted by molar-refractivity contribution is 0.100. The minimum Gasteiger partial charge on any atom is -0.461 e. The van der Waals surface area contributed by atoms with E-state index in [0.717, 1.165) is 31.5 Å². The molecule has 0 saturated carbocycles. The second kappa shape index (κ2) is 6.78. The molecule has 6 nitrogen and oxygen atoms in total. The van der Waals surface area contributed by atoms with Crippen LogP contribution in [0, 0.1) is 0 Å². The maximum atomic E-state index is 11.3. The van der Waals surface area contributed by atoms with Crippen molar-refractivity contribution in [1.29, 1.82) is 0 Å². The van der Waals surface area contributed by atoms with Crippen molar-refractivity contribution in [2.75, 3.05) is 6.54 Å². The Labute approximate surface area is 149 Å². The number of carbonyl (C=O) groups excluding carboxylic acids is 1. The van der Waals surface area contributed by atoms with Crippen molar-refractivity contribution >= 4 is 17.2 Å². The molecule has 1 fully saturated rings. The molecule has 25 heavy (non-hydrogen) atoms. The molecule has 0 bridgehead atoms. The topological polar surface area (TPSA) is 85.3 Å². The van der Waals surface area contributed by atoms with Crippen molar-refractivity contribution in [3.8, 4) is 11.6 Å². The average Bonchev–Trinajstić information content (AvgIpc) is 3.36. The van der Waals surface area contributed by atoms with E-state index in [9.17, 15) is 4.79 Å². The summed E-state index contributed by atoms with van der Waals surface area (Å²) in [5, 5.41) is 0. The summed E-state index contributed by atoms with van der Waals surface area (Å²) in [6.07, 6.45) is 7.54. The zero-order chi connectivity index (χ0) is 17.2. The lowest BCUT2D eigenvalue weighted by atomic mass is 10.2. The molecule has 7 heteroatoms. The Hall–Kier alpha value is -2.51. The molecule has 4 heterocycles. The highest BCUT2D eigenvalue weighted by Gasteiger charge is 2.27. The van der Waals surface area contributed by atoms with E-state index in [1.54, 1.807) is 6.26 Å². The molecule has 0 aromatic carbocycles. The molecule has 1 atom stereocenters. The van der Waals surface area contributed by atoms with Crippen LogP contribution >= 0.6 is 11.3 Å². The first-order valence-electron chi connectivity index (χ1n) is 8.19. The number of carbonyl (C=O) groups is 1. The van der Waals surface area contributed by atoms with Crippen LogP contribution in [0.2, 0.25) is 0 Å². The number of thiophene rings is 1. The van der Waals surface area contributed by atoms with E-state index < -0.39 is 0 Å². The fourth-order valence-corrected chi connectivity index (χ4v) is 4.24. The fourth-order valence-electron chi connectivity index (χ4n) is 3.21.